The average Bonchev–Trinajstić information content (AvgIpc) is 3.88. The van der Waals surface area contributed by atoms with E-state index in [2.05, 4.69) is 40.0 Å². The third kappa shape index (κ3) is 9.64. The molecule has 1 fully saturated rings. The second kappa shape index (κ2) is 20.1. The Bertz CT molecular complexity index is 2700. The minimum absolute atomic E-state index is 0.0327. The molecule has 0 saturated carbocycles. The van der Waals surface area contributed by atoms with Crippen molar-refractivity contribution in [2.75, 3.05) is 63.4 Å². The van der Waals surface area contributed by atoms with E-state index in [1.54, 1.807) is 53.8 Å². The third-order valence-corrected chi connectivity index (χ3v) is 13.1. The van der Waals surface area contributed by atoms with Crippen molar-refractivity contribution in [2.24, 2.45) is 4.99 Å². The molecule has 5 amide bonds. The van der Waals surface area contributed by atoms with Gasteiger partial charge in [0, 0.05) is 45.4 Å². The molecule has 19 heteroatoms. The number of piperidine rings is 1. The molecular weight excluding hydrogens is 888 g/mol. The number of aryl methyl sites for hydroxylation is 2. The SMILES string of the molecule is Cc1sc2c(c1C)C(c1ccc(Cl)cc1)=N[C@@H](CC(=O)Nc1ccc(OCCOCCOCCOCCNc3cccc4c3C(=O)N(C3(C)CCC(=O)NC3=O)C4=O)cc1)c1nnc(C)n1-2. The second-order valence-corrected chi connectivity index (χ2v) is 17.8. The molecule has 3 N–H and O–H groups in total. The molecule has 17 nitrogen and oxygen atoms in total. The predicted molar refractivity (Wildman–Crippen MR) is 247 cm³/mol. The molecule has 66 heavy (non-hydrogen) atoms. The summed E-state index contributed by atoms with van der Waals surface area (Å²) in [6.45, 7) is 10.3. The van der Waals surface area contributed by atoms with Gasteiger partial charge in [-0.15, -0.1) is 21.5 Å². The number of anilines is 2. The number of fused-ring (bicyclic) bond motifs is 4. The zero-order chi connectivity index (χ0) is 46.5. The number of aliphatic imine (C=N–C) groups is 1. The molecule has 2 atom stereocenters. The van der Waals surface area contributed by atoms with E-state index >= 15 is 0 Å². The van der Waals surface area contributed by atoms with E-state index in [0.29, 0.717) is 80.8 Å². The average molecular weight is 937 g/mol. The highest BCUT2D eigenvalue weighted by Gasteiger charge is 2.53. The lowest BCUT2D eigenvalue weighted by Gasteiger charge is -2.38. The number of halogens is 1. The maximum Gasteiger partial charge on any atom is 0.264 e. The van der Waals surface area contributed by atoms with Crippen molar-refractivity contribution < 1.29 is 42.9 Å². The van der Waals surface area contributed by atoms with Gasteiger partial charge in [-0.2, -0.15) is 0 Å². The number of amides is 5. The normalized spacial score (nSPS) is 17.7. The van der Waals surface area contributed by atoms with Crippen LogP contribution in [0.1, 0.15) is 86.2 Å². The van der Waals surface area contributed by atoms with Gasteiger partial charge in [0.05, 0.1) is 62.9 Å². The Morgan fingerprint density at radius 3 is 2.27 bits per heavy atom. The van der Waals surface area contributed by atoms with E-state index in [-0.39, 0.29) is 36.3 Å². The lowest BCUT2D eigenvalue weighted by atomic mass is 9.89. The number of ether oxygens (including phenoxy) is 4. The Balaban J connectivity index is 0.719. The van der Waals surface area contributed by atoms with Gasteiger partial charge >= 0.3 is 0 Å². The molecule has 5 aromatic rings. The number of aromatic nitrogens is 3. The molecule has 0 bridgehead atoms. The van der Waals surface area contributed by atoms with Crippen molar-refractivity contribution in [2.45, 2.75) is 58.5 Å². The molecular formula is C47H49ClN8O9S. The molecule has 344 valence electrons. The topological polar surface area (TPSA) is 205 Å². The van der Waals surface area contributed by atoms with Crippen molar-refractivity contribution in [3.05, 3.63) is 116 Å². The summed E-state index contributed by atoms with van der Waals surface area (Å²) in [5, 5.41) is 18.9. The fraction of sp³-hybridized carbons (Fsp3) is 0.362. The van der Waals surface area contributed by atoms with Gasteiger partial charge in [0.15, 0.2) is 5.82 Å². The molecule has 2 aromatic heterocycles. The van der Waals surface area contributed by atoms with E-state index in [1.165, 1.54) is 11.8 Å². The van der Waals surface area contributed by atoms with Crippen molar-refractivity contribution in [3.8, 4) is 10.8 Å². The van der Waals surface area contributed by atoms with Crippen LogP contribution in [0, 0.1) is 20.8 Å². The van der Waals surface area contributed by atoms with Gasteiger partial charge in [0.25, 0.3) is 17.7 Å². The maximum atomic E-state index is 13.5. The molecule has 8 rings (SSSR count). The van der Waals surface area contributed by atoms with E-state index in [1.807, 2.05) is 35.8 Å². The highest BCUT2D eigenvalue weighted by molar-refractivity contribution is 7.15. The molecule has 0 radical (unpaired) electrons. The van der Waals surface area contributed by atoms with E-state index in [0.717, 1.165) is 38.1 Å². The fourth-order valence-corrected chi connectivity index (χ4v) is 9.40. The highest BCUT2D eigenvalue weighted by Crippen LogP contribution is 2.40. The Morgan fingerprint density at radius 2 is 1.56 bits per heavy atom. The number of nitrogens with zero attached hydrogens (tertiary/aromatic N) is 5. The standard InChI is InChI=1S/C47H49ClN8O9S/c1-27-28(2)66-45-39(27)41(30-8-10-31(48)11-9-30)51-36(42-54-53-29(3)55(42)45)26-38(58)50-32-12-14-33(15-13-32)65-25-24-64-23-22-63-21-20-62-19-18-49-35-7-5-6-34-40(35)44(60)56(43(34)59)47(4)17-16-37(57)52-46(47)61/h5-15,36,49H,16-26H2,1-4H3,(H,50,58)(H,52,57,61)/t36-,47?/m0/s1. The minimum atomic E-state index is -1.46. The summed E-state index contributed by atoms with van der Waals surface area (Å²) in [6.07, 6.45) is 0.139. The van der Waals surface area contributed by atoms with Gasteiger partial charge in [0.2, 0.25) is 11.8 Å². The van der Waals surface area contributed by atoms with Crippen molar-refractivity contribution in [3.63, 3.8) is 0 Å². The Labute approximate surface area is 389 Å². The smallest absolute Gasteiger partial charge is 0.264 e. The first-order valence-corrected chi connectivity index (χ1v) is 22.8. The summed E-state index contributed by atoms with van der Waals surface area (Å²) in [5.74, 6) is -0.525. The summed E-state index contributed by atoms with van der Waals surface area (Å²) in [4.78, 5) is 71.9. The molecule has 1 unspecified atom stereocenters. The Morgan fingerprint density at radius 1 is 0.864 bits per heavy atom. The number of nitrogens with one attached hydrogen (secondary N) is 3. The molecule has 1 saturated heterocycles. The number of imide groups is 2. The number of hydrogen-bond acceptors (Lipinski definition) is 14. The van der Waals surface area contributed by atoms with Crippen LogP contribution < -0.4 is 20.7 Å². The maximum absolute atomic E-state index is 13.5. The summed E-state index contributed by atoms with van der Waals surface area (Å²) in [7, 11) is 0. The number of benzene rings is 3. The van der Waals surface area contributed by atoms with Crippen LogP contribution in [0.2, 0.25) is 5.02 Å². The van der Waals surface area contributed by atoms with Crippen molar-refractivity contribution in [1.82, 2.24) is 25.0 Å². The van der Waals surface area contributed by atoms with Gasteiger partial charge in [0.1, 0.15) is 34.8 Å². The van der Waals surface area contributed by atoms with Crippen LogP contribution in [0.5, 0.6) is 5.75 Å². The molecule has 5 heterocycles. The summed E-state index contributed by atoms with van der Waals surface area (Å²) >= 11 is 7.90. The largest absolute Gasteiger partial charge is 0.491 e. The molecule has 3 aliphatic heterocycles. The minimum Gasteiger partial charge on any atom is -0.491 e. The van der Waals surface area contributed by atoms with Gasteiger partial charge in [-0.25, -0.2) is 0 Å². The number of thiophene rings is 1. The number of rotatable bonds is 19. The Hall–Kier alpha value is -6.31. The monoisotopic (exact) mass is 936 g/mol. The lowest BCUT2D eigenvalue weighted by molar-refractivity contribution is -0.141. The fourth-order valence-electron chi connectivity index (χ4n) is 8.06. The highest BCUT2D eigenvalue weighted by atomic mass is 35.5. The zero-order valence-corrected chi connectivity index (χ0v) is 38.5. The summed E-state index contributed by atoms with van der Waals surface area (Å²) in [6, 6.07) is 19.0. The van der Waals surface area contributed by atoms with E-state index in [4.69, 9.17) is 35.5 Å². The first kappa shape index (κ1) is 46.2. The lowest BCUT2D eigenvalue weighted by Crippen LogP contribution is -2.62. The Kier molecular flexibility index (Phi) is 14.0. The number of carbonyl (C=O) groups is 5. The van der Waals surface area contributed by atoms with Crippen LogP contribution in [0.15, 0.2) is 71.7 Å². The third-order valence-electron chi connectivity index (χ3n) is 11.7. The quantitative estimate of drug-likeness (QED) is 0.0630. The van der Waals surface area contributed by atoms with Crippen LogP contribution in [0.4, 0.5) is 11.4 Å². The van der Waals surface area contributed by atoms with Crippen molar-refractivity contribution in [1.29, 1.82) is 0 Å². The first-order valence-electron chi connectivity index (χ1n) is 21.6. The van der Waals surface area contributed by atoms with Crippen molar-refractivity contribution >= 4 is 69.6 Å². The van der Waals surface area contributed by atoms with Gasteiger partial charge in [-0.1, -0.05) is 29.8 Å². The molecule has 0 aliphatic carbocycles. The first-order chi connectivity index (χ1) is 31.8. The summed E-state index contributed by atoms with van der Waals surface area (Å²) < 4.78 is 24.8. The van der Waals surface area contributed by atoms with Crippen LogP contribution in [0.3, 0.4) is 0 Å². The number of carbonyl (C=O) groups excluding carboxylic acids is 5. The van der Waals surface area contributed by atoms with Gasteiger partial charge in [-0.05, 0) is 88.2 Å². The number of hydrogen-bond donors (Lipinski definition) is 3. The van der Waals surface area contributed by atoms with Crippen LogP contribution in [0.25, 0.3) is 5.00 Å². The van der Waals surface area contributed by atoms with Crippen LogP contribution >= 0.6 is 22.9 Å². The molecule has 0 spiro atoms. The van der Waals surface area contributed by atoms with E-state index in [9.17, 15) is 24.0 Å². The zero-order valence-electron chi connectivity index (χ0n) is 36.9. The van der Waals surface area contributed by atoms with Gasteiger partial charge < -0.3 is 29.6 Å². The summed E-state index contributed by atoms with van der Waals surface area (Å²) in [5.41, 5.74) is 3.80. The van der Waals surface area contributed by atoms with Crippen LogP contribution in [-0.2, 0) is 28.6 Å². The van der Waals surface area contributed by atoms with E-state index < -0.39 is 35.2 Å². The van der Waals surface area contributed by atoms with Gasteiger partial charge in [-0.3, -0.25) is 43.7 Å². The predicted octanol–water partition coefficient (Wildman–Crippen LogP) is 6.16. The second-order valence-electron chi connectivity index (χ2n) is 16.1. The molecule has 3 aromatic carbocycles. The molecule has 3 aliphatic rings. The van der Waals surface area contributed by atoms with Crippen LogP contribution in [-0.4, -0.2) is 113 Å².